The molecule has 0 fully saturated rings. The van der Waals surface area contributed by atoms with Gasteiger partial charge in [0.25, 0.3) is 0 Å². The van der Waals surface area contributed by atoms with E-state index in [0.29, 0.717) is 0 Å². The molecule has 0 spiro atoms. The van der Waals surface area contributed by atoms with Crippen LogP contribution in [0.3, 0.4) is 0 Å². The minimum Gasteiger partial charge on any atom is -0.338 e. The van der Waals surface area contributed by atoms with Gasteiger partial charge in [-0.25, -0.2) is 0 Å². The molecule has 2 N–H and O–H groups in total. The first-order chi connectivity index (χ1) is 8.41. The van der Waals surface area contributed by atoms with Gasteiger partial charge in [-0.1, -0.05) is 37.3 Å². The van der Waals surface area contributed by atoms with E-state index in [-0.39, 0.29) is 11.9 Å². The first kappa shape index (κ1) is 14.7. The smallest absolute Gasteiger partial charge is 0.247 e. The zero-order valence-corrected chi connectivity index (χ0v) is 11.8. The molecule has 18 heavy (non-hydrogen) atoms. The highest BCUT2D eigenvalue weighted by molar-refractivity contribution is 5.87. The molecular weight excluding hydrogens is 224 g/mol. The molecule has 0 aliphatic carbocycles. The third kappa shape index (κ3) is 3.10. The highest BCUT2D eigenvalue weighted by atomic mass is 16.2. The molecule has 1 aromatic carbocycles. The topological polar surface area (TPSA) is 46.3 Å². The predicted molar refractivity (Wildman–Crippen MR) is 75.1 cm³/mol. The van der Waals surface area contributed by atoms with Crippen molar-refractivity contribution in [1.29, 1.82) is 0 Å². The number of nitrogens with zero attached hydrogens (tertiary/aromatic N) is 1. The third-order valence-corrected chi connectivity index (χ3v) is 3.17. The normalized spacial score (nSPS) is 14.3. The van der Waals surface area contributed by atoms with Gasteiger partial charge in [0.05, 0.1) is 0 Å². The van der Waals surface area contributed by atoms with E-state index < -0.39 is 5.54 Å². The van der Waals surface area contributed by atoms with Crippen molar-refractivity contribution in [2.24, 2.45) is 5.73 Å². The lowest BCUT2D eigenvalue weighted by atomic mass is 9.91. The van der Waals surface area contributed by atoms with Crippen LogP contribution in [-0.4, -0.2) is 23.4 Å². The number of carbonyl (C=O) groups is 1. The quantitative estimate of drug-likeness (QED) is 0.870. The molecule has 0 saturated heterocycles. The Labute approximate surface area is 110 Å². The molecule has 0 bridgehead atoms. The van der Waals surface area contributed by atoms with E-state index in [1.54, 1.807) is 6.92 Å². The molecule has 0 heterocycles. The van der Waals surface area contributed by atoms with E-state index in [9.17, 15) is 4.79 Å². The molecule has 1 unspecified atom stereocenters. The standard InChI is InChI=1S/C15H24N2O/c1-5-11-17(12(2)3)14(18)15(4,16)13-9-7-6-8-10-13/h6-10,12H,5,11,16H2,1-4H3. The van der Waals surface area contributed by atoms with E-state index in [0.717, 1.165) is 18.5 Å². The Bertz CT molecular complexity index is 385. The lowest BCUT2D eigenvalue weighted by molar-refractivity contribution is -0.138. The van der Waals surface area contributed by atoms with Crippen molar-refractivity contribution in [1.82, 2.24) is 4.90 Å². The molecule has 3 nitrogen and oxygen atoms in total. The van der Waals surface area contributed by atoms with E-state index in [4.69, 9.17) is 5.73 Å². The summed E-state index contributed by atoms with van der Waals surface area (Å²) in [6, 6.07) is 9.73. The summed E-state index contributed by atoms with van der Waals surface area (Å²) in [5.41, 5.74) is 6.16. The zero-order valence-electron chi connectivity index (χ0n) is 11.8. The molecule has 0 aromatic heterocycles. The van der Waals surface area contributed by atoms with Crippen LogP contribution >= 0.6 is 0 Å². The first-order valence-electron chi connectivity index (χ1n) is 6.56. The third-order valence-electron chi connectivity index (χ3n) is 3.17. The van der Waals surface area contributed by atoms with E-state index >= 15 is 0 Å². The molecule has 0 saturated carbocycles. The SMILES string of the molecule is CCCN(C(=O)C(C)(N)c1ccccc1)C(C)C. The van der Waals surface area contributed by atoms with Crippen molar-refractivity contribution in [3.05, 3.63) is 35.9 Å². The second-order valence-corrected chi connectivity index (χ2v) is 5.16. The van der Waals surface area contributed by atoms with Crippen molar-refractivity contribution < 1.29 is 4.79 Å². The van der Waals surface area contributed by atoms with Crippen LogP contribution in [0.25, 0.3) is 0 Å². The molecule has 1 atom stereocenters. The fourth-order valence-corrected chi connectivity index (χ4v) is 2.04. The molecule has 1 aromatic rings. The first-order valence-corrected chi connectivity index (χ1v) is 6.56. The minimum atomic E-state index is -0.958. The highest BCUT2D eigenvalue weighted by Crippen LogP contribution is 2.21. The lowest BCUT2D eigenvalue weighted by Gasteiger charge is -2.34. The molecule has 1 amide bonds. The summed E-state index contributed by atoms with van der Waals surface area (Å²) in [5, 5.41) is 0. The molecule has 1 rings (SSSR count). The predicted octanol–water partition coefficient (Wildman–Crippen LogP) is 2.51. The van der Waals surface area contributed by atoms with Gasteiger partial charge in [-0.05, 0) is 32.8 Å². The molecule has 100 valence electrons. The van der Waals surface area contributed by atoms with Gasteiger partial charge in [0.15, 0.2) is 0 Å². The fourth-order valence-electron chi connectivity index (χ4n) is 2.04. The molecule has 0 radical (unpaired) electrons. The Balaban J connectivity index is 3.00. The molecule has 3 heteroatoms. The zero-order chi connectivity index (χ0) is 13.8. The minimum absolute atomic E-state index is 0.00875. The number of hydrogen-bond acceptors (Lipinski definition) is 2. The average molecular weight is 248 g/mol. The Morgan fingerprint density at radius 1 is 1.33 bits per heavy atom. The van der Waals surface area contributed by atoms with Crippen LogP contribution in [0, 0.1) is 0 Å². The monoisotopic (exact) mass is 248 g/mol. The average Bonchev–Trinajstić information content (AvgIpc) is 2.35. The van der Waals surface area contributed by atoms with Gasteiger partial charge in [-0.3, -0.25) is 4.79 Å². The maximum Gasteiger partial charge on any atom is 0.247 e. The van der Waals surface area contributed by atoms with E-state index in [1.165, 1.54) is 0 Å². The van der Waals surface area contributed by atoms with Crippen LogP contribution in [0.15, 0.2) is 30.3 Å². The van der Waals surface area contributed by atoms with Crippen LogP contribution in [0.1, 0.15) is 39.7 Å². The number of hydrogen-bond donors (Lipinski definition) is 1. The summed E-state index contributed by atoms with van der Waals surface area (Å²) in [6.07, 6.45) is 0.939. The van der Waals surface area contributed by atoms with Gasteiger partial charge in [0, 0.05) is 12.6 Å². The van der Waals surface area contributed by atoms with Crippen LogP contribution in [0.5, 0.6) is 0 Å². The number of carbonyl (C=O) groups excluding carboxylic acids is 1. The van der Waals surface area contributed by atoms with Gasteiger partial charge in [-0.2, -0.15) is 0 Å². The largest absolute Gasteiger partial charge is 0.338 e. The van der Waals surface area contributed by atoms with Gasteiger partial charge < -0.3 is 10.6 Å². The Hall–Kier alpha value is -1.35. The summed E-state index contributed by atoms with van der Waals surface area (Å²) < 4.78 is 0. The maximum absolute atomic E-state index is 12.6. The van der Waals surface area contributed by atoms with Crippen LogP contribution in [0.2, 0.25) is 0 Å². The van der Waals surface area contributed by atoms with Gasteiger partial charge >= 0.3 is 0 Å². The lowest BCUT2D eigenvalue weighted by Crippen LogP contribution is -2.53. The van der Waals surface area contributed by atoms with Crippen LogP contribution < -0.4 is 5.73 Å². The molecular formula is C15H24N2O. The Morgan fingerprint density at radius 3 is 2.33 bits per heavy atom. The van der Waals surface area contributed by atoms with E-state index in [2.05, 4.69) is 6.92 Å². The molecule has 0 aliphatic heterocycles. The summed E-state index contributed by atoms with van der Waals surface area (Å²) in [5.74, 6) is -0.00875. The number of rotatable bonds is 5. The van der Waals surface area contributed by atoms with Gasteiger partial charge in [0.1, 0.15) is 5.54 Å². The van der Waals surface area contributed by atoms with Crippen molar-refractivity contribution in [3.8, 4) is 0 Å². The summed E-state index contributed by atoms with van der Waals surface area (Å²) in [4.78, 5) is 14.5. The number of benzene rings is 1. The van der Waals surface area contributed by atoms with Crippen molar-refractivity contribution in [3.63, 3.8) is 0 Å². The van der Waals surface area contributed by atoms with Crippen molar-refractivity contribution >= 4 is 5.91 Å². The number of nitrogens with two attached hydrogens (primary N) is 1. The summed E-state index contributed by atoms with van der Waals surface area (Å²) in [6.45, 7) is 8.65. The van der Waals surface area contributed by atoms with Crippen LogP contribution in [0.4, 0.5) is 0 Å². The van der Waals surface area contributed by atoms with Crippen molar-refractivity contribution in [2.75, 3.05) is 6.54 Å². The van der Waals surface area contributed by atoms with E-state index in [1.807, 2.05) is 49.1 Å². The molecule has 0 aliphatic rings. The van der Waals surface area contributed by atoms with Gasteiger partial charge in [0.2, 0.25) is 5.91 Å². The second kappa shape index (κ2) is 6.01. The fraction of sp³-hybridized carbons (Fsp3) is 0.533. The van der Waals surface area contributed by atoms with Gasteiger partial charge in [-0.15, -0.1) is 0 Å². The highest BCUT2D eigenvalue weighted by Gasteiger charge is 2.34. The Morgan fingerprint density at radius 2 is 1.89 bits per heavy atom. The van der Waals surface area contributed by atoms with Crippen LogP contribution in [-0.2, 0) is 10.3 Å². The van der Waals surface area contributed by atoms with Crippen molar-refractivity contribution in [2.45, 2.75) is 45.7 Å². The summed E-state index contributed by atoms with van der Waals surface area (Å²) in [7, 11) is 0. The number of amides is 1. The second-order valence-electron chi connectivity index (χ2n) is 5.16. The maximum atomic E-state index is 12.6. The Kier molecular flexibility index (Phi) is 4.91. The summed E-state index contributed by atoms with van der Waals surface area (Å²) >= 11 is 0.